The molecule has 27 heavy (non-hydrogen) atoms. The molecule has 0 aromatic heterocycles. The minimum absolute atomic E-state index is 0.0375. The highest BCUT2D eigenvalue weighted by Crippen LogP contribution is 2.21. The van der Waals surface area contributed by atoms with Gasteiger partial charge in [-0.2, -0.15) is 0 Å². The van der Waals surface area contributed by atoms with Crippen LogP contribution in [0.15, 0.2) is 47.4 Å². The quantitative estimate of drug-likeness (QED) is 0.683. The molecule has 2 aromatic rings. The van der Waals surface area contributed by atoms with Gasteiger partial charge in [-0.3, -0.25) is 4.79 Å². The summed E-state index contributed by atoms with van der Waals surface area (Å²) in [5.41, 5.74) is 0.884. The van der Waals surface area contributed by atoms with Crippen LogP contribution in [0.1, 0.15) is 15.9 Å². The summed E-state index contributed by atoms with van der Waals surface area (Å²) in [7, 11) is -3.50. The van der Waals surface area contributed by atoms with Gasteiger partial charge in [0.15, 0.2) is 16.4 Å². The van der Waals surface area contributed by atoms with Crippen molar-refractivity contribution in [1.29, 1.82) is 0 Å². The number of hydrogen-bond donors (Lipinski definition) is 1. The molecule has 9 heteroatoms. The second-order valence-corrected chi connectivity index (χ2v) is 8.58. The fourth-order valence-corrected chi connectivity index (χ4v) is 3.12. The summed E-state index contributed by atoms with van der Waals surface area (Å²) in [5.74, 6) is -1.36. The maximum absolute atomic E-state index is 12.1. The highest BCUT2D eigenvalue weighted by Gasteiger charge is 2.17. The molecular weight excluding hydrogens is 413 g/mol. The van der Waals surface area contributed by atoms with E-state index in [0.29, 0.717) is 18.0 Å². The summed E-state index contributed by atoms with van der Waals surface area (Å²) in [6.45, 7) is -0.138. The van der Waals surface area contributed by atoms with E-state index in [1.807, 2.05) is 12.1 Å². The van der Waals surface area contributed by atoms with Gasteiger partial charge in [0.05, 0.1) is 15.5 Å². The lowest BCUT2D eigenvalue weighted by Crippen LogP contribution is -2.30. The summed E-state index contributed by atoms with van der Waals surface area (Å²) in [6.07, 6.45) is 1.61. The van der Waals surface area contributed by atoms with Crippen molar-refractivity contribution in [3.63, 3.8) is 0 Å². The van der Waals surface area contributed by atoms with E-state index in [1.165, 1.54) is 12.1 Å². The van der Waals surface area contributed by atoms with Crippen molar-refractivity contribution in [3.05, 3.63) is 63.6 Å². The summed E-state index contributed by atoms with van der Waals surface area (Å²) >= 11 is 11.7. The second kappa shape index (κ2) is 9.21. The first-order valence-corrected chi connectivity index (χ1v) is 10.5. The van der Waals surface area contributed by atoms with E-state index in [-0.39, 0.29) is 15.5 Å². The number of benzene rings is 2. The second-order valence-electron chi connectivity index (χ2n) is 5.72. The van der Waals surface area contributed by atoms with Crippen LogP contribution >= 0.6 is 23.2 Å². The molecule has 0 radical (unpaired) electrons. The van der Waals surface area contributed by atoms with Gasteiger partial charge in [-0.15, -0.1) is 0 Å². The van der Waals surface area contributed by atoms with Crippen LogP contribution in [0.3, 0.4) is 0 Å². The number of carbonyl (C=O) groups is 2. The minimum atomic E-state index is -3.50. The smallest absolute Gasteiger partial charge is 0.340 e. The topological polar surface area (TPSA) is 89.5 Å². The van der Waals surface area contributed by atoms with Crippen molar-refractivity contribution < 1.29 is 22.7 Å². The van der Waals surface area contributed by atoms with Crippen LogP contribution < -0.4 is 5.32 Å². The fourth-order valence-electron chi connectivity index (χ4n) is 2.15. The van der Waals surface area contributed by atoms with Crippen LogP contribution in [-0.2, 0) is 25.8 Å². The molecule has 0 spiro atoms. The third-order valence-electron chi connectivity index (χ3n) is 3.57. The molecule has 2 rings (SSSR count). The summed E-state index contributed by atoms with van der Waals surface area (Å²) in [6, 6.07) is 10.9. The highest BCUT2D eigenvalue weighted by atomic mass is 35.5. The van der Waals surface area contributed by atoms with Gasteiger partial charge >= 0.3 is 5.97 Å². The van der Waals surface area contributed by atoms with Crippen molar-refractivity contribution in [2.24, 2.45) is 0 Å². The van der Waals surface area contributed by atoms with Gasteiger partial charge in [-0.05, 0) is 42.3 Å². The Morgan fingerprint density at radius 3 is 2.37 bits per heavy atom. The Kier molecular flexibility index (Phi) is 7.24. The molecule has 0 atom stereocenters. The normalized spacial score (nSPS) is 11.1. The molecule has 0 heterocycles. The molecule has 1 N–H and O–H groups in total. The number of halogens is 2. The van der Waals surface area contributed by atoms with Crippen LogP contribution in [0, 0.1) is 0 Å². The number of carbonyl (C=O) groups excluding carboxylic acids is 2. The Hall–Kier alpha value is -2.09. The zero-order valence-corrected chi connectivity index (χ0v) is 16.7. The van der Waals surface area contributed by atoms with Gasteiger partial charge < -0.3 is 10.1 Å². The number of nitrogens with one attached hydrogen (secondary N) is 1. The Morgan fingerprint density at radius 2 is 1.74 bits per heavy atom. The largest absolute Gasteiger partial charge is 0.452 e. The first-order valence-electron chi connectivity index (χ1n) is 7.84. The Bertz CT molecular complexity index is 943. The summed E-state index contributed by atoms with van der Waals surface area (Å²) < 4.78 is 28.1. The third-order valence-corrected chi connectivity index (χ3v) is 5.26. The molecule has 0 saturated carbocycles. The molecule has 0 unspecified atom stereocenters. The van der Waals surface area contributed by atoms with Crippen molar-refractivity contribution in [2.45, 2.75) is 11.3 Å². The molecule has 6 nitrogen and oxygen atoms in total. The van der Waals surface area contributed by atoms with E-state index in [4.69, 9.17) is 27.9 Å². The fraction of sp³-hybridized carbons (Fsp3) is 0.222. The number of rotatable bonds is 7. The van der Waals surface area contributed by atoms with E-state index < -0.39 is 28.3 Å². The lowest BCUT2D eigenvalue weighted by molar-refractivity contribution is -0.124. The molecule has 0 saturated heterocycles. The lowest BCUT2D eigenvalue weighted by Gasteiger charge is -2.09. The van der Waals surface area contributed by atoms with Crippen LogP contribution in [0.5, 0.6) is 0 Å². The number of ether oxygens (including phenoxy) is 1. The standard InChI is InChI=1S/C18H17Cl2NO5S/c1-27(24,25)14-6-7-16(20)15(10-14)18(23)26-11-17(22)21-9-8-12-2-4-13(19)5-3-12/h2-7,10H,8-9,11H2,1H3,(H,21,22). The van der Waals surface area contributed by atoms with Crippen molar-refractivity contribution in [3.8, 4) is 0 Å². The molecule has 144 valence electrons. The maximum atomic E-state index is 12.1. The molecule has 1 amide bonds. The van der Waals surface area contributed by atoms with E-state index in [1.54, 1.807) is 12.1 Å². The molecule has 2 aromatic carbocycles. The highest BCUT2D eigenvalue weighted by molar-refractivity contribution is 7.90. The SMILES string of the molecule is CS(=O)(=O)c1ccc(Cl)c(C(=O)OCC(=O)NCCc2ccc(Cl)cc2)c1. The number of amides is 1. The minimum Gasteiger partial charge on any atom is -0.452 e. The Balaban J connectivity index is 1.86. The molecule has 0 aliphatic heterocycles. The zero-order valence-electron chi connectivity index (χ0n) is 14.4. The third kappa shape index (κ3) is 6.53. The van der Waals surface area contributed by atoms with Gasteiger partial charge in [0, 0.05) is 17.8 Å². The average Bonchev–Trinajstić information content (AvgIpc) is 2.60. The number of hydrogen-bond acceptors (Lipinski definition) is 5. The van der Waals surface area contributed by atoms with E-state index in [2.05, 4.69) is 5.32 Å². The number of esters is 1. The van der Waals surface area contributed by atoms with Crippen LogP contribution in [0.25, 0.3) is 0 Å². The zero-order chi connectivity index (χ0) is 20.0. The van der Waals surface area contributed by atoms with Crippen molar-refractivity contribution in [2.75, 3.05) is 19.4 Å². The predicted molar refractivity (Wildman–Crippen MR) is 103 cm³/mol. The van der Waals surface area contributed by atoms with Crippen LogP contribution in [0.2, 0.25) is 10.0 Å². The Morgan fingerprint density at radius 1 is 1.07 bits per heavy atom. The molecular formula is C18H17Cl2NO5S. The van der Waals surface area contributed by atoms with Gasteiger partial charge in [0.1, 0.15) is 0 Å². The van der Waals surface area contributed by atoms with E-state index >= 15 is 0 Å². The molecule has 0 aliphatic rings. The monoisotopic (exact) mass is 429 g/mol. The lowest BCUT2D eigenvalue weighted by atomic mass is 10.1. The molecule has 0 fully saturated rings. The number of sulfone groups is 1. The first kappa shape index (κ1) is 21.2. The first-order chi connectivity index (χ1) is 12.7. The van der Waals surface area contributed by atoms with E-state index in [0.717, 1.165) is 17.9 Å². The van der Waals surface area contributed by atoms with Gasteiger partial charge in [-0.25, -0.2) is 13.2 Å². The molecule has 0 aliphatic carbocycles. The van der Waals surface area contributed by atoms with Crippen LogP contribution in [0.4, 0.5) is 0 Å². The van der Waals surface area contributed by atoms with Crippen LogP contribution in [-0.4, -0.2) is 39.7 Å². The molecule has 0 bridgehead atoms. The maximum Gasteiger partial charge on any atom is 0.340 e. The predicted octanol–water partition coefficient (Wildman–Crippen LogP) is 2.91. The van der Waals surface area contributed by atoms with E-state index in [9.17, 15) is 18.0 Å². The van der Waals surface area contributed by atoms with Gasteiger partial charge in [-0.1, -0.05) is 35.3 Å². The van der Waals surface area contributed by atoms with Crippen molar-refractivity contribution in [1.82, 2.24) is 5.32 Å². The summed E-state index contributed by atoms with van der Waals surface area (Å²) in [4.78, 5) is 23.8. The summed E-state index contributed by atoms with van der Waals surface area (Å²) in [5, 5.41) is 3.30. The average molecular weight is 430 g/mol. The van der Waals surface area contributed by atoms with Gasteiger partial charge in [0.25, 0.3) is 5.91 Å². The Labute approximate surface area is 167 Å². The van der Waals surface area contributed by atoms with Gasteiger partial charge in [0.2, 0.25) is 0 Å². The van der Waals surface area contributed by atoms with Crippen molar-refractivity contribution >= 4 is 44.9 Å².